The predicted molar refractivity (Wildman–Crippen MR) is 78.2 cm³/mol. The summed E-state index contributed by atoms with van der Waals surface area (Å²) in [4.78, 5) is 0. The summed E-state index contributed by atoms with van der Waals surface area (Å²) in [5, 5.41) is 3.48. The molecule has 106 valence electrons. The van der Waals surface area contributed by atoms with E-state index in [1.807, 2.05) is 0 Å². The van der Waals surface area contributed by atoms with Crippen molar-refractivity contribution in [1.29, 1.82) is 0 Å². The van der Waals surface area contributed by atoms with Gasteiger partial charge in [0.25, 0.3) is 0 Å². The zero-order valence-corrected chi connectivity index (χ0v) is 12.3. The second kappa shape index (κ2) is 6.80. The molecule has 2 rings (SSSR count). The van der Waals surface area contributed by atoms with E-state index in [9.17, 15) is 0 Å². The zero-order chi connectivity index (χ0) is 13.7. The molecule has 3 nitrogen and oxygen atoms in total. The number of piperidine rings is 1. The number of aryl methyl sites for hydroxylation is 2. The van der Waals surface area contributed by atoms with E-state index in [1.54, 1.807) is 14.2 Å². The van der Waals surface area contributed by atoms with Gasteiger partial charge in [0.1, 0.15) is 0 Å². The molecule has 0 saturated carbocycles. The van der Waals surface area contributed by atoms with Gasteiger partial charge in [-0.05, 0) is 74.9 Å². The van der Waals surface area contributed by atoms with Crippen LogP contribution >= 0.6 is 0 Å². The van der Waals surface area contributed by atoms with Gasteiger partial charge in [-0.25, -0.2) is 0 Å². The van der Waals surface area contributed by atoms with Crippen LogP contribution in [-0.2, 0) is 6.42 Å². The number of ether oxygens (including phenoxy) is 2. The smallest absolute Gasteiger partial charge is 0.161 e. The third-order valence-corrected chi connectivity index (χ3v) is 4.06. The Hall–Kier alpha value is -1.22. The molecule has 1 saturated heterocycles. The van der Waals surface area contributed by atoms with Crippen LogP contribution in [0.25, 0.3) is 0 Å². The van der Waals surface area contributed by atoms with Crippen molar-refractivity contribution >= 4 is 0 Å². The highest BCUT2D eigenvalue weighted by Gasteiger charge is 2.14. The Morgan fingerprint density at radius 3 is 2.58 bits per heavy atom. The van der Waals surface area contributed by atoms with E-state index in [1.165, 1.54) is 43.5 Å². The molecular formula is C16H25NO2. The minimum Gasteiger partial charge on any atom is -0.493 e. The monoisotopic (exact) mass is 263 g/mol. The molecule has 0 spiro atoms. The second-order valence-electron chi connectivity index (χ2n) is 5.38. The maximum Gasteiger partial charge on any atom is 0.161 e. The molecule has 3 heteroatoms. The molecule has 19 heavy (non-hydrogen) atoms. The molecule has 0 aromatic heterocycles. The van der Waals surface area contributed by atoms with E-state index >= 15 is 0 Å². The number of hydrogen-bond acceptors (Lipinski definition) is 3. The van der Waals surface area contributed by atoms with Gasteiger partial charge < -0.3 is 14.8 Å². The minimum absolute atomic E-state index is 0.821. The SMILES string of the molecule is COc1cc(C)c(CCC2CCCNC2)cc1OC. The lowest BCUT2D eigenvalue weighted by molar-refractivity contribution is 0.350. The molecule has 0 aliphatic carbocycles. The summed E-state index contributed by atoms with van der Waals surface area (Å²) in [5.74, 6) is 2.48. The number of nitrogens with one attached hydrogen (secondary N) is 1. The van der Waals surface area contributed by atoms with Crippen LogP contribution in [0.1, 0.15) is 30.4 Å². The number of rotatable bonds is 5. The van der Waals surface area contributed by atoms with Crippen molar-refractivity contribution in [3.63, 3.8) is 0 Å². The van der Waals surface area contributed by atoms with Crippen LogP contribution in [0.2, 0.25) is 0 Å². The zero-order valence-electron chi connectivity index (χ0n) is 12.3. The Morgan fingerprint density at radius 1 is 1.21 bits per heavy atom. The van der Waals surface area contributed by atoms with Crippen LogP contribution in [0.4, 0.5) is 0 Å². The van der Waals surface area contributed by atoms with Gasteiger partial charge in [-0.1, -0.05) is 0 Å². The number of methoxy groups -OCH3 is 2. The molecule has 1 aliphatic rings. The Labute approximate surface area is 116 Å². The summed E-state index contributed by atoms with van der Waals surface area (Å²) < 4.78 is 10.7. The van der Waals surface area contributed by atoms with Crippen LogP contribution in [0.3, 0.4) is 0 Å². The largest absolute Gasteiger partial charge is 0.493 e. The van der Waals surface area contributed by atoms with Crippen molar-refractivity contribution in [2.75, 3.05) is 27.3 Å². The first-order valence-corrected chi connectivity index (χ1v) is 7.16. The molecule has 1 aromatic rings. The van der Waals surface area contributed by atoms with Crippen molar-refractivity contribution in [2.45, 2.75) is 32.6 Å². The van der Waals surface area contributed by atoms with E-state index in [4.69, 9.17) is 9.47 Å². The average Bonchev–Trinajstić information content (AvgIpc) is 2.46. The number of hydrogen-bond donors (Lipinski definition) is 1. The third kappa shape index (κ3) is 3.63. The van der Waals surface area contributed by atoms with Crippen molar-refractivity contribution in [3.8, 4) is 11.5 Å². The molecular weight excluding hydrogens is 238 g/mol. The summed E-state index contributed by atoms with van der Waals surface area (Å²) in [6, 6.07) is 4.21. The van der Waals surface area contributed by atoms with Gasteiger partial charge >= 0.3 is 0 Å². The summed E-state index contributed by atoms with van der Waals surface area (Å²) in [7, 11) is 3.38. The summed E-state index contributed by atoms with van der Waals surface area (Å²) in [5.41, 5.74) is 2.67. The van der Waals surface area contributed by atoms with Gasteiger partial charge in [0.2, 0.25) is 0 Å². The first-order valence-electron chi connectivity index (χ1n) is 7.16. The predicted octanol–water partition coefficient (Wildman–Crippen LogP) is 2.94. The van der Waals surface area contributed by atoms with Crippen molar-refractivity contribution in [1.82, 2.24) is 5.32 Å². The Morgan fingerprint density at radius 2 is 1.95 bits per heavy atom. The van der Waals surface area contributed by atoms with E-state index in [0.717, 1.165) is 23.8 Å². The highest BCUT2D eigenvalue weighted by molar-refractivity contribution is 5.47. The molecule has 0 radical (unpaired) electrons. The average molecular weight is 263 g/mol. The lowest BCUT2D eigenvalue weighted by Gasteiger charge is -2.23. The molecule has 1 atom stereocenters. The van der Waals surface area contributed by atoms with Gasteiger partial charge in [-0.2, -0.15) is 0 Å². The fourth-order valence-electron chi connectivity index (χ4n) is 2.82. The van der Waals surface area contributed by atoms with E-state index in [0.29, 0.717) is 0 Å². The van der Waals surface area contributed by atoms with Crippen LogP contribution < -0.4 is 14.8 Å². The summed E-state index contributed by atoms with van der Waals surface area (Å²) >= 11 is 0. The van der Waals surface area contributed by atoms with Crippen LogP contribution in [0, 0.1) is 12.8 Å². The van der Waals surface area contributed by atoms with Gasteiger partial charge in [0, 0.05) is 0 Å². The highest BCUT2D eigenvalue weighted by Crippen LogP contribution is 2.31. The Bertz CT molecular complexity index is 411. The van der Waals surface area contributed by atoms with Crippen LogP contribution in [-0.4, -0.2) is 27.3 Å². The highest BCUT2D eigenvalue weighted by atomic mass is 16.5. The first kappa shape index (κ1) is 14.2. The van der Waals surface area contributed by atoms with Crippen LogP contribution in [0.15, 0.2) is 12.1 Å². The fourth-order valence-corrected chi connectivity index (χ4v) is 2.82. The van der Waals surface area contributed by atoms with Gasteiger partial charge in [0.15, 0.2) is 11.5 Å². The van der Waals surface area contributed by atoms with Gasteiger partial charge in [-0.15, -0.1) is 0 Å². The summed E-state index contributed by atoms with van der Waals surface area (Å²) in [6.07, 6.45) is 5.05. The van der Waals surface area contributed by atoms with E-state index in [2.05, 4.69) is 24.4 Å². The summed E-state index contributed by atoms with van der Waals surface area (Å²) in [6.45, 7) is 4.51. The van der Waals surface area contributed by atoms with Crippen molar-refractivity contribution in [3.05, 3.63) is 23.3 Å². The number of benzene rings is 1. The van der Waals surface area contributed by atoms with Crippen molar-refractivity contribution in [2.24, 2.45) is 5.92 Å². The van der Waals surface area contributed by atoms with E-state index < -0.39 is 0 Å². The standard InChI is InChI=1S/C16H25NO2/c1-12-9-15(18-2)16(19-3)10-14(12)7-6-13-5-4-8-17-11-13/h9-10,13,17H,4-8,11H2,1-3H3. The van der Waals surface area contributed by atoms with Gasteiger partial charge in [-0.3, -0.25) is 0 Å². The maximum absolute atomic E-state index is 5.39. The Balaban J connectivity index is 2.02. The normalized spacial score (nSPS) is 19.2. The molecule has 1 heterocycles. The molecule has 1 unspecified atom stereocenters. The topological polar surface area (TPSA) is 30.5 Å². The van der Waals surface area contributed by atoms with Crippen LogP contribution in [0.5, 0.6) is 11.5 Å². The Kier molecular flexibility index (Phi) is 5.08. The second-order valence-corrected chi connectivity index (χ2v) is 5.38. The quantitative estimate of drug-likeness (QED) is 0.886. The minimum atomic E-state index is 0.821. The fraction of sp³-hybridized carbons (Fsp3) is 0.625. The molecule has 1 N–H and O–H groups in total. The molecule has 0 bridgehead atoms. The van der Waals surface area contributed by atoms with Gasteiger partial charge in [0.05, 0.1) is 14.2 Å². The van der Waals surface area contributed by atoms with Crippen molar-refractivity contribution < 1.29 is 9.47 Å². The lowest BCUT2D eigenvalue weighted by Crippen LogP contribution is -2.29. The third-order valence-electron chi connectivity index (χ3n) is 4.06. The van der Waals surface area contributed by atoms with E-state index in [-0.39, 0.29) is 0 Å². The molecule has 1 aliphatic heterocycles. The first-order chi connectivity index (χ1) is 9.24. The maximum atomic E-state index is 5.39. The molecule has 1 fully saturated rings. The molecule has 1 aromatic carbocycles. The lowest BCUT2D eigenvalue weighted by atomic mass is 9.91. The molecule has 0 amide bonds.